The lowest BCUT2D eigenvalue weighted by Crippen LogP contribution is -2.70. The maximum Gasteiger partial charge on any atom is 0.460 e. The fraction of sp³-hybridized carbons (Fsp3) is 1.00. The highest BCUT2D eigenvalue weighted by Crippen LogP contribution is 2.60. The van der Waals surface area contributed by atoms with Crippen molar-refractivity contribution >= 4 is 11.0 Å². The Morgan fingerprint density at radius 2 is 0.826 bits per heavy atom. The van der Waals surface area contributed by atoms with Gasteiger partial charge >= 0.3 is 36.0 Å². The summed E-state index contributed by atoms with van der Waals surface area (Å²) in [4.78, 5) is 0. The van der Waals surface area contributed by atoms with Gasteiger partial charge in [0.15, 0.2) is 0 Å². The molecule has 17 heteroatoms. The molecule has 0 N–H and O–H groups in total. The van der Waals surface area contributed by atoms with Crippen molar-refractivity contribution in [1.29, 1.82) is 0 Å². The second kappa shape index (κ2) is 5.52. The lowest BCUT2D eigenvalue weighted by Gasteiger charge is -2.38. The predicted octanol–water partition coefficient (Wildman–Crippen LogP) is 3.23. The number of halogens is 13. The van der Waals surface area contributed by atoms with Gasteiger partial charge in [0.05, 0.1) is 0 Å². The summed E-state index contributed by atoms with van der Waals surface area (Å²) in [6.45, 7) is 0. The van der Waals surface area contributed by atoms with Crippen molar-refractivity contribution in [2.24, 2.45) is 0 Å². The maximum absolute atomic E-state index is 12.7. The molecule has 0 bridgehead atoms. The molecule has 0 amide bonds. The third kappa shape index (κ3) is 3.16. The van der Waals surface area contributed by atoms with E-state index in [9.17, 15) is 65.5 Å². The number of hydrogen-bond acceptors (Lipinski definition) is 3. The van der Waals surface area contributed by atoms with E-state index in [0.29, 0.717) is 0 Å². The third-order valence-corrected chi connectivity index (χ3v) is 2.47. The van der Waals surface area contributed by atoms with E-state index in [1.54, 1.807) is 0 Å². The lowest BCUT2D eigenvalue weighted by molar-refractivity contribution is -0.456. The fourth-order valence-electron chi connectivity index (χ4n) is 0.906. The minimum absolute atomic E-state index is 1.91. The van der Waals surface area contributed by atoms with Gasteiger partial charge in [-0.1, -0.05) is 0 Å². The topological polar surface area (TPSA) is 43.4 Å². The van der Waals surface area contributed by atoms with Gasteiger partial charge in [0.2, 0.25) is 0 Å². The van der Waals surface area contributed by atoms with Crippen LogP contribution in [0.25, 0.3) is 0 Å². The molecule has 0 spiro atoms. The van der Waals surface area contributed by atoms with Crippen molar-refractivity contribution in [1.82, 2.24) is 0 Å². The molecule has 0 aromatic carbocycles. The quantitative estimate of drug-likeness (QED) is 0.550. The van der Waals surface area contributed by atoms with Gasteiger partial charge in [-0.3, -0.25) is 0 Å². The Morgan fingerprint density at radius 3 is 1.09 bits per heavy atom. The largest absolute Gasteiger partial charge is 0.460 e. The smallest absolute Gasteiger partial charge is 0.202 e. The first kappa shape index (κ1) is 22.0. The van der Waals surface area contributed by atoms with Crippen LogP contribution < -0.4 is 0 Å². The zero-order valence-electron chi connectivity index (χ0n) is 9.59. The Bertz CT molecular complexity index is 510. The molecule has 0 aliphatic heterocycles. The van der Waals surface area contributed by atoms with E-state index in [-0.39, 0.29) is 0 Å². The highest BCUT2D eigenvalue weighted by Gasteiger charge is 2.91. The van der Waals surface area contributed by atoms with Crippen LogP contribution in [-0.2, 0) is 15.2 Å². The second-order valence-electron chi connectivity index (χ2n) is 3.63. The SMILES string of the molecule is O=[SH](=O)OC(F)(F)C(F)(F)C(F)(F)C(F)(F)C(F)(F)C(F)(F)F. The summed E-state index contributed by atoms with van der Waals surface area (Å²) in [5.74, 6) is -31.8. The first-order valence-electron chi connectivity index (χ1n) is 4.46. The highest BCUT2D eigenvalue weighted by atomic mass is 32.2. The van der Waals surface area contributed by atoms with Crippen LogP contribution in [0.3, 0.4) is 0 Å². The van der Waals surface area contributed by atoms with E-state index in [1.807, 2.05) is 4.18 Å². The van der Waals surface area contributed by atoms with Crippen LogP contribution in [0.1, 0.15) is 0 Å². The molecule has 0 unspecified atom stereocenters. The summed E-state index contributed by atoms with van der Waals surface area (Å²) >= 11 is 0. The van der Waals surface area contributed by atoms with Gasteiger partial charge in [0.25, 0.3) is 11.0 Å². The summed E-state index contributed by atoms with van der Waals surface area (Å²) in [6, 6.07) is 0. The molecule has 0 atom stereocenters. The van der Waals surface area contributed by atoms with Gasteiger partial charge in [0, 0.05) is 0 Å². The van der Waals surface area contributed by atoms with Crippen LogP contribution in [-0.4, -0.2) is 44.4 Å². The van der Waals surface area contributed by atoms with Crippen molar-refractivity contribution in [3.63, 3.8) is 0 Å². The minimum atomic E-state index is -8.09. The molecular weight excluding hydrogens is 399 g/mol. The second-order valence-corrected chi connectivity index (χ2v) is 4.26. The van der Waals surface area contributed by atoms with Crippen molar-refractivity contribution in [2.75, 3.05) is 0 Å². The number of alkyl halides is 13. The average molecular weight is 400 g/mol. The minimum Gasteiger partial charge on any atom is -0.202 e. The Labute approximate surface area is 118 Å². The van der Waals surface area contributed by atoms with Crippen LogP contribution in [0.2, 0.25) is 0 Å². The van der Waals surface area contributed by atoms with Crippen LogP contribution in [0.15, 0.2) is 0 Å². The molecule has 0 heterocycles. The summed E-state index contributed by atoms with van der Waals surface area (Å²) in [6.07, 6.45) is -14.6. The molecule has 140 valence electrons. The Kier molecular flexibility index (Phi) is 5.28. The first-order valence-corrected chi connectivity index (χ1v) is 5.55. The molecule has 0 fully saturated rings. The fourth-order valence-corrected chi connectivity index (χ4v) is 1.21. The molecule has 0 saturated carbocycles. The summed E-state index contributed by atoms with van der Waals surface area (Å²) < 4.78 is 182. The van der Waals surface area contributed by atoms with Gasteiger partial charge in [-0.2, -0.15) is 61.3 Å². The molecule has 0 saturated heterocycles. The molecule has 0 rings (SSSR count). The van der Waals surface area contributed by atoms with E-state index in [2.05, 4.69) is 0 Å². The maximum atomic E-state index is 12.7. The summed E-state index contributed by atoms with van der Waals surface area (Å²) in [5, 5.41) is 0. The lowest BCUT2D eigenvalue weighted by atomic mass is 9.97. The number of thiol groups is 1. The predicted molar refractivity (Wildman–Crippen MR) is 42.2 cm³/mol. The Hall–Kier alpha value is -1.00. The molecule has 0 aromatic heterocycles. The normalized spacial score (nSPS) is 16.1. The first-order chi connectivity index (χ1) is 9.67. The monoisotopic (exact) mass is 400 g/mol. The molecule has 23 heavy (non-hydrogen) atoms. The van der Waals surface area contributed by atoms with Crippen LogP contribution in [0.4, 0.5) is 57.1 Å². The Balaban J connectivity index is 6.24. The zero-order valence-corrected chi connectivity index (χ0v) is 10.5. The molecule has 0 radical (unpaired) electrons. The van der Waals surface area contributed by atoms with Crippen LogP contribution in [0.5, 0.6) is 0 Å². The van der Waals surface area contributed by atoms with Crippen molar-refractivity contribution in [3.05, 3.63) is 0 Å². The standard InChI is InChI=1S/C6HF13O3S/c7-1(8,3(11,12)5(15,16)17)2(9,10)4(13,14)6(18,19)22-23(20)21/h23H. The molecule has 0 aliphatic carbocycles. The number of rotatable bonds is 6. The van der Waals surface area contributed by atoms with Gasteiger partial charge < -0.3 is 0 Å². The van der Waals surface area contributed by atoms with Crippen LogP contribution in [0, 0.1) is 0 Å². The molecule has 0 aliphatic rings. The summed E-state index contributed by atoms with van der Waals surface area (Å²) in [7, 11) is -5.10. The molecule has 3 nitrogen and oxygen atoms in total. The van der Waals surface area contributed by atoms with Crippen molar-refractivity contribution < 1.29 is 69.7 Å². The van der Waals surface area contributed by atoms with Gasteiger partial charge in [-0.05, 0) is 0 Å². The van der Waals surface area contributed by atoms with Crippen LogP contribution >= 0.6 is 0 Å². The van der Waals surface area contributed by atoms with E-state index >= 15 is 0 Å². The van der Waals surface area contributed by atoms with Gasteiger partial charge in [-0.15, -0.1) is 0 Å². The van der Waals surface area contributed by atoms with E-state index in [1.165, 1.54) is 0 Å². The van der Waals surface area contributed by atoms with Crippen molar-refractivity contribution in [3.8, 4) is 0 Å². The van der Waals surface area contributed by atoms with Crippen molar-refractivity contribution in [2.45, 2.75) is 36.0 Å². The van der Waals surface area contributed by atoms with Gasteiger partial charge in [0.1, 0.15) is 0 Å². The zero-order chi connectivity index (χ0) is 19.3. The van der Waals surface area contributed by atoms with Gasteiger partial charge in [-0.25, -0.2) is 8.42 Å². The van der Waals surface area contributed by atoms with E-state index in [0.717, 1.165) is 0 Å². The molecular formula is C6HF13O3S. The summed E-state index contributed by atoms with van der Waals surface area (Å²) in [5.41, 5.74) is 0. The third-order valence-electron chi connectivity index (χ3n) is 2.09. The number of hydrogen-bond donors (Lipinski definition) is 1. The molecule has 0 aromatic rings. The van der Waals surface area contributed by atoms with E-state index in [4.69, 9.17) is 0 Å². The average Bonchev–Trinajstić information content (AvgIpc) is 2.24. The van der Waals surface area contributed by atoms with E-state index < -0.39 is 47.0 Å². The highest BCUT2D eigenvalue weighted by molar-refractivity contribution is 7.67. The Morgan fingerprint density at radius 1 is 0.522 bits per heavy atom.